The fourth-order valence-electron chi connectivity index (χ4n) is 2.02. The Hall–Kier alpha value is -1.35. The second-order valence-corrected chi connectivity index (χ2v) is 4.72. The van der Waals surface area contributed by atoms with Crippen LogP contribution in [0.25, 0.3) is 0 Å². The maximum Gasteiger partial charge on any atom is 0.228 e. The number of nitrogens with one attached hydrogen (secondary N) is 2. The van der Waals surface area contributed by atoms with Crippen molar-refractivity contribution in [3.63, 3.8) is 0 Å². The van der Waals surface area contributed by atoms with Gasteiger partial charge in [0.25, 0.3) is 0 Å². The van der Waals surface area contributed by atoms with Crippen LogP contribution < -0.4 is 10.6 Å². The molecule has 0 heterocycles. The van der Waals surface area contributed by atoms with Crippen LogP contribution in [0.4, 0.5) is 5.69 Å². The molecule has 1 amide bonds. The second kappa shape index (κ2) is 5.82. The quantitative estimate of drug-likeness (QED) is 0.840. The van der Waals surface area contributed by atoms with Crippen LogP contribution in [0.15, 0.2) is 12.1 Å². The van der Waals surface area contributed by atoms with E-state index in [1.807, 2.05) is 27.8 Å². The molecular weight excluding hydrogens is 212 g/mol. The van der Waals surface area contributed by atoms with Gasteiger partial charge < -0.3 is 10.6 Å². The Morgan fingerprint density at radius 1 is 1.24 bits per heavy atom. The van der Waals surface area contributed by atoms with Gasteiger partial charge in [0.1, 0.15) is 0 Å². The summed E-state index contributed by atoms with van der Waals surface area (Å²) in [5, 5.41) is 6.02. The number of hydrogen-bond donors (Lipinski definition) is 2. The molecule has 0 aliphatic heterocycles. The molecule has 0 radical (unpaired) electrons. The Kier molecular flexibility index (Phi) is 4.70. The number of anilines is 1. The van der Waals surface area contributed by atoms with Gasteiger partial charge in [-0.25, -0.2) is 0 Å². The minimum absolute atomic E-state index is 0.0277. The summed E-state index contributed by atoms with van der Waals surface area (Å²) in [6, 6.07) is 4.18. The molecule has 1 aromatic rings. The third-order valence-electron chi connectivity index (χ3n) is 2.88. The summed E-state index contributed by atoms with van der Waals surface area (Å²) >= 11 is 0. The first-order valence-corrected chi connectivity index (χ1v) is 5.99. The third kappa shape index (κ3) is 3.56. The van der Waals surface area contributed by atoms with Crippen LogP contribution >= 0.6 is 0 Å². The van der Waals surface area contributed by atoms with Crippen molar-refractivity contribution in [2.24, 2.45) is 5.92 Å². The van der Waals surface area contributed by atoms with Crippen molar-refractivity contribution in [2.75, 3.05) is 18.9 Å². The smallest absolute Gasteiger partial charge is 0.228 e. The van der Waals surface area contributed by atoms with Gasteiger partial charge in [-0.15, -0.1) is 0 Å². The maximum absolute atomic E-state index is 11.9. The molecule has 1 rings (SSSR count). The molecule has 0 aromatic heterocycles. The normalized spacial score (nSPS) is 12.3. The first-order chi connectivity index (χ1) is 7.95. The summed E-state index contributed by atoms with van der Waals surface area (Å²) in [7, 11) is 1.85. The molecule has 94 valence electrons. The van der Waals surface area contributed by atoms with Gasteiger partial charge in [-0.1, -0.05) is 24.6 Å². The van der Waals surface area contributed by atoms with Crippen molar-refractivity contribution in [1.82, 2.24) is 5.32 Å². The number of carbonyl (C=O) groups is 1. The molecule has 1 aromatic carbocycles. The fourth-order valence-corrected chi connectivity index (χ4v) is 2.02. The predicted octanol–water partition coefficient (Wildman–Crippen LogP) is 2.41. The van der Waals surface area contributed by atoms with Crippen LogP contribution in [-0.2, 0) is 4.79 Å². The molecule has 17 heavy (non-hydrogen) atoms. The van der Waals surface area contributed by atoms with Crippen LogP contribution in [0, 0.1) is 26.7 Å². The monoisotopic (exact) mass is 234 g/mol. The zero-order valence-electron chi connectivity index (χ0n) is 11.3. The van der Waals surface area contributed by atoms with Crippen molar-refractivity contribution in [2.45, 2.75) is 27.7 Å². The number of aryl methyl sites for hydroxylation is 3. The van der Waals surface area contributed by atoms with E-state index in [0.717, 1.165) is 16.8 Å². The Morgan fingerprint density at radius 3 is 2.24 bits per heavy atom. The van der Waals surface area contributed by atoms with E-state index in [0.29, 0.717) is 6.54 Å². The average molecular weight is 234 g/mol. The lowest BCUT2D eigenvalue weighted by molar-refractivity contribution is -0.119. The first-order valence-electron chi connectivity index (χ1n) is 5.99. The predicted molar refractivity (Wildman–Crippen MR) is 72.4 cm³/mol. The Bertz CT molecular complexity index is 390. The number of amides is 1. The summed E-state index contributed by atoms with van der Waals surface area (Å²) in [6.45, 7) is 8.73. The standard InChI is InChI=1S/C14H22N2O/c1-9-6-10(2)13(11(3)7-9)16-14(17)12(4)8-15-5/h6-7,12,15H,8H2,1-5H3,(H,16,17). The molecule has 0 spiro atoms. The lowest BCUT2D eigenvalue weighted by Crippen LogP contribution is -2.29. The number of carbonyl (C=O) groups excluding carboxylic acids is 1. The van der Waals surface area contributed by atoms with Gasteiger partial charge in [-0.3, -0.25) is 4.79 Å². The SMILES string of the molecule is CNCC(C)C(=O)Nc1c(C)cc(C)cc1C. The minimum Gasteiger partial charge on any atom is -0.325 e. The van der Waals surface area contributed by atoms with E-state index in [4.69, 9.17) is 0 Å². The maximum atomic E-state index is 11.9. The average Bonchev–Trinajstić information content (AvgIpc) is 2.23. The van der Waals surface area contributed by atoms with Crippen molar-refractivity contribution in [3.05, 3.63) is 28.8 Å². The van der Waals surface area contributed by atoms with Crippen LogP contribution in [0.1, 0.15) is 23.6 Å². The fraction of sp³-hybridized carbons (Fsp3) is 0.500. The highest BCUT2D eigenvalue weighted by atomic mass is 16.1. The van der Waals surface area contributed by atoms with Gasteiger partial charge in [0.2, 0.25) is 5.91 Å². The number of rotatable bonds is 4. The van der Waals surface area contributed by atoms with E-state index in [-0.39, 0.29) is 11.8 Å². The molecule has 0 bridgehead atoms. The number of hydrogen-bond acceptors (Lipinski definition) is 2. The van der Waals surface area contributed by atoms with Gasteiger partial charge >= 0.3 is 0 Å². The van der Waals surface area contributed by atoms with Crippen molar-refractivity contribution < 1.29 is 4.79 Å². The van der Waals surface area contributed by atoms with Gasteiger partial charge in [0.05, 0.1) is 0 Å². The largest absolute Gasteiger partial charge is 0.325 e. The summed E-state index contributed by atoms with van der Waals surface area (Å²) in [4.78, 5) is 11.9. The van der Waals surface area contributed by atoms with Gasteiger partial charge in [0.15, 0.2) is 0 Å². The van der Waals surface area contributed by atoms with Crippen LogP contribution in [0.5, 0.6) is 0 Å². The summed E-state index contributed by atoms with van der Waals surface area (Å²) < 4.78 is 0. The molecule has 0 aliphatic rings. The molecule has 3 heteroatoms. The molecule has 0 fully saturated rings. The summed E-state index contributed by atoms with van der Waals surface area (Å²) in [5.41, 5.74) is 4.41. The van der Waals surface area contributed by atoms with Crippen molar-refractivity contribution in [1.29, 1.82) is 0 Å². The van der Waals surface area contributed by atoms with E-state index in [1.165, 1.54) is 5.56 Å². The zero-order chi connectivity index (χ0) is 13.0. The van der Waals surface area contributed by atoms with E-state index < -0.39 is 0 Å². The topological polar surface area (TPSA) is 41.1 Å². The summed E-state index contributed by atoms with van der Waals surface area (Å²) in [5.74, 6) is 0.0366. The van der Waals surface area contributed by atoms with Gasteiger partial charge in [0, 0.05) is 18.2 Å². The van der Waals surface area contributed by atoms with Gasteiger partial charge in [-0.05, 0) is 38.9 Å². The molecule has 0 saturated heterocycles. The Morgan fingerprint density at radius 2 is 1.76 bits per heavy atom. The highest BCUT2D eigenvalue weighted by Gasteiger charge is 2.14. The highest BCUT2D eigenvalue weighted by molar-refractivity contribution is 5.94. The van der Waals surface area contributed by atoms with Crippen LogP contribution in [0.3, 0.4) is 0 Å². The molecule has 1 unspecified atom stereocenters. The van der Waals surface area contributed by atoms with E-state index >= 15 is 0 Å². The van der Waals surface area contributed by atoms with Crippen LogP contribution in [-0.4, -0.2) is 19.5 Å². The molecule has 1 atom stereocenters. The molecule has 2 N–H and O–H groups in total. The molecule has 0 saturated carbocycles. The van der Waals surface area contributed by atoms with E-state index in [2.05, 4.69) is 29.7 Å². The molecular formula is C14H22N2O. The zero-order valence-corrected chi connectivity index (χ0v) is 11.3. The van der Waals surface area contributed by atoms with Crippen molar-refractivity contribution in [3.8, 4) is 0 Å². The second-order valence-electron chi connectivity index (χ2n) is 4.72. The molecule has 0 aliphatic carbocycles. The minimum atomic E-state index is -0.0277. The lowest BCUT2D eigenvalue weighted by Gasteiger charge is -2.16. The Balaban J connectivity index is 2.85. The first kappa shape index (κ1) is 13.7. The number of benzene rings is 1. The van der Waals surface area contributed by atoms with Crippen molar-refractivity contribution >= 4 is 11.6 Å². The molecule has 3 nitrogen and oxygen atoms in total. The lowest BCUT2D eigenvalue weighted by atomic mass is 10.0. The summed E-state index contributed by atoms with van der Waals surface area (Å²) in [6.07, 6.45) is 0. The van der Waals surface area contributed by atoms with E-state index in [1.54, 1.807) is 0 Å². The Labute approximate surface area is 104 Å². The van der Waals surface area contributed by atoms with E-state index in [9.17, 15) is 4.79 Å². The highest BCUT2D eigenvalue weighted by Crippen LogP contribution is 2.22. The van der Waals surface area contributed by atoms with Crippen LogP contribution in [0.2, 0.25) is 0 Å². The van der Waals surface area contributed by atoms with Gasteiger partial charge in [-0.2, -0.15) is 0 Å². The third-order valence-corrected chi connectivity index (χ3v) is 2.88.